The Morgan fingerprint density at radius 2 is 1.17 bits per heavy atom. The third kappa shape index (κ3) is 2.52. The first-order valence-corrected chi connectivity index (χ1v) is 7.51. The van der Waals surface area contributed by atoms with Crippen LogP contribution in [0.15, 0.2) is 61.7 Å². The average molecular weight is 320 g/mol. The molecule has 0 saturated heterocycles. The van der Waals surface area contributed by atoms with Crippen LogP contribution in [0.4, 0.5) is 0 Å². The molecule has 2 aromatic carbocycles. The molecule has 0 unspecified atom stereocenters. The van der Waals surface area contributed by atoms with Crippen molar-refractivity contribution < 1.29 is 19.1 Å². The van der Waals surface area contributed by atoms with E-state index in [4.69, 9.17) is 9.47 Å². The predicted molar refractivity (Wildman–Crippen MR) is 91.1 cm³/mol. The zero-order valence-electron chi connectivity index (χ0n) is 13.1. The zero-order chi connectivity index (χ0) is 17.1. The van der Waals surface area contributed by atoms with Gasteiger partial charge in [0.05, 0.1) is 11.1 Å². The average Bonchev–Trinajstić information content (AvgIpc) is 2.62. The van der Waals surface area contributed by atoms with Gasteiger partial charge >= 0.3 is 0 Å². The van der Waals surface area contributed by atoms with E-state index >= 15 is 0 Å². The van der Waals surface area contributed by atoms with Crippen LogP contribution in [-0.2, 0) is 0 Å². The van der Waals surface area contributed by atoms with E-state index in [-0.39, 0.29) is 35.9 Å². The molecule has 0 N–H and O–H groups in total. The van der Waals surface area contributed by atoms with E-state index in [1.165, 1.54) is 0 Å². The molecule has 1 aliphatic rings. The van der Waals surface area contributed by atoms with Gasteiger partial charge in [-0.1, -0.05) is 49.6 Å². The van der Waals surface area contributed by atoms with Crippen molar-refractivity contribution in [1.82, 2.24) is 0 Å². The molecule has 0 aromatic heterocycles. The van der Waals surface area contributed by atoms with E-state index in [2.05, 4.69) is 13.2 Å². The molecule has 0 atom stereocenters. The van der Waals surface area contributed by atoms with Crippen LogP contribution in [0.3, 0.4) is 0 Å². The van der Waals surface area contributed by atoms with Gasteiger partial charge in [-0.2, -0.15) is 0 Å². The minimum atomic E-state index is -0.247. The summed E-state index contributed by atoms with van der Waals surface area (Å²) in [5.41, 5.74) is 1.22. The molecule has 24 heavy (non-hydrogen) atoms. The first kappa shape index (κ1) is 15.7. The minimum absolute atomic E-state index is 0.238. The Balaban J connectivity index is 2.21. The lowest BCUT2D eigenvalue weighted by atomic mass is 9.83. The van der Waals surface area contributed by atoms with E-state index in [1.54, 1.807) is 48.6 Å². The number of benzene rings is 2. The van der Waals surface area contributed by atoms with Crippen molar-refractivity contribution in [2.75, 3.05) is 13.2 Å². The Morgan fingerprint density at radius 1 is 0.750 bits per heavy atom. The van der Waals surface area contributed by atoms with E-state index in [9.17, 15) is 9.59 Å². The molecule has 4 nitrogen and oxygen atoms in total. The predicted octanol–water partition coefficient (Wildman–Crippen LogP) is 3.59. The first-order chi connectivity index (χ1) is 11.7. The van der Waals surface area contributed by atoms with E-state index in [0.29, 0.717) is 22.6 Å². The van der Waals surface area contributed by atoms with Crippen LogP contribution in [0.2, 0.25) is 0 Å². The number of ether oxygens (including phenoxy) is 2. The maximum Gasteiger partial charge on any atom is 0.198 e. The molecule has 2 aromatic rings. The van der Waals surface area contributed by atoms with Crippen LogP contribution in [0.25, 0.3) is 0 Å². The third-order valence-electron chi connectivity index (χ3n) is 3.71. The summed E-state index contributed by atoms with van der Waals surface area (Å²) in [6.45, 7) is 7.68. The highest BCUT2D eigenvalue weighted by Crippen LogP contribution is 2.38. The highest BCUT2D eigenvalue weighted by atomic mass is 16.5. The van der Waals surface area contributed by atoms with Gasteiger partial charge in [0.1, 0.15) is 24.7 Å². The van der Waals surface area contributed by atoms with Crippen molar-refractivity contribution in [3.05, 3.63) is 84.0 Å². The molecule has 0 bridgehead atoms. The lowest BCUT2D eigenvalue weighted by Crippen LogP contribution is -2.23. The number of hydrogen-bond acceptors (Lipinski definition) is 4. The maximum absolute atomic E-state index is 12.9. The summed E-state index contributed by atoms with van der Waals surface area (Å²) in [7, 11) is 0. The Morgan fingerprint density at radius 3 is 1.54 bits per heavy atom. The second-order valence-corrected chi connectivity index (χ2v) is 5.22. The molecular formula is C20H16O4. The van der Waals surface area contributed by atoms with Gasteiger partial charge in [0.2, 0.25) is 0 Å². The maximum atomic E-state index is 12.9. The Kier molecular flexibility index (Phi) is 4.29. The smallest absolute Gasteiger partial charge is 0.198 e. The third-order valence-corrected chi connectivity index (χ3v) is 3.71. The molecule has 0 spiro atoms. The van der Waals surface area contributed by atoms with E-state index in [0.717, 1.165) is 0 Å². The lowest BCUT2D eigenvalue weighted by Gasteiger charge is -2.22. The number of fused-ring (bicyclic) bond motifs is 2. The highest BCUT2D eigenvalue weighted by Gasteiger charge is 2.35. The molecule has 0 amide bonds. The Bertz CT molecular complexity index is 779. The van der Waals surface area contributed by atoms with Crippen molar-refractivity contribution in [2.45, 2.75) is 0 Å². The second-order valence-electron chi connectivity index (χ2n) is 5.22. The number of carbonyl (C=O) groups is 2. The minimum Gasteiger partial charge on any atom is -0.489 e. The fourth-order valence-electron chi connectivity index (χ4n) is 2.70. The van der Waals surface area contributed by atoms with Gasteiger partial charge in [-0.25, -0.2) is 0 Å². The van der Waals surface area contributed by atoms with Crippen LogP contribution in [0, 0.1) is 0 Å². The number of rotatable bonds is 6. The Labute approximate surface area is 140 Å². The topological polar surface area (TPSA) is 52.6 Å². The van der Waals surface area contributed by atoms with Crippen LogP contribution < -0.4 is 9.47 Å². The van der Waals surface area contributed by atoms with Crippen molar-refractivity contribution >= 4 is 11.6 Å². The van der Waals surface area contributed by atoms with Crippen molar-refractivity contribution in [3.8, 4) is 11.5 Å². The van der Waals surface area contributed by atoms with Gasteiger partial charge in [-0.3, -0.25) is 9.59 Å². The van der Waals surface area contributed by atoms with Crippen LogP contribution in [-0.4, -0.2) is 24.8 Å². The summed E-state index contributed by atoms with van der Waals surface area (Å²) in [6.07, 6.45) is 3.16. The van der Waals surface area contributed by atoms with Gasteiger partial charge < -0.3 is 9.47 Å². The van der Waals surface area contributed by atoms with Gasteiger partial charge in [0, 0.05) is 11.1 Å². The molecule has 120 valence electrons. The van der Waals surface area contributed by atoms with Gasteiger partial charge in [0.15, 0.2) is 11.6 Å². The van der Waals surface area contributed by atoms with E-state index in [1.807, 2.05) is 0 Å². The van der Waals surface area contributed by atoms with Crippen molar-refractivity contribution in [1.29, 1.82) is 0 Å². The molecule has 0 radical (unpaired) electrons. The molecule has 0 heterocycles. The van der Waals surface area contributed by atoms with Gasteiger partial charge in [0.25, 0.3) is 0 Å². The molecule has 0 saturated carbocycles. The number of hydrogen-bond donors (Lipinski definition) is 0. The SMILES string of the molecule is C=CCOc1ccc(OCC=C)c2c1C(=O)c1ccccc1C2=O. The molecule has 0 fully saturated rings. The fraction of sp³-hybridized carbons (Fsp3) is 0.100. The summed E-state index contributed by atoms with van der Waals surface area (Å²) < 4.78 is 11.2. The summed E-state index contributed by atoms with van der Waals surface area (Å²) in [5, 5.41) is 0. The molecule has 3 rings (SSSR count). The number of carbonyl (C=O) groups excluding carboxylic acids is 2. The molecule has 0 aliphatic heterocycles. The first-order valence-electron chi connectivity index (χ1n) is 7.51. The van der Waals surface area contributed by atoms with Crippen LogP contribution in [0.5, 0.6) is 11.5 Å². The summed E-state index contributed by atoms with van der Waals surface area (Å²) >= 11 is 0. The largest absolute Gasteiger partial charge is 0.489 e. The molecule has 4 heteroatoms. The second kappa shape index (κ2) is 6.54. The molecule has 1 aliphatic carbocycles. The summed E-state index contributed by atoms with van der Waals surface area (Å²) in [6, 6.07) is 10.0. The zero-order valence-corrected chi connectivity index (χ0v) is 13.1. The summed E-state index contributed by atoms with van der Waals surface area (Å²) in [5.74, 6) is 0.207. The van der Waals surface area contributed by atoms with Crippen molar-refractivity contribution in [2.24, 2.45) is 0 Å². The van der Waals surface area contributed by atoms with E-state index < -0.39 is 0 Å². The van der Waals surface area contributed by atoms with Gasteiger partial charge in [-0.05, 0) is 12.1 Å². The Hall–Kier alpha value is -3.14. The highest BCUT2D eigenvalue weighted by molar-refractivity contribution is 6.30. The fourth-order valence-corrected chi connectivity index (χ4v) is 2.70. The number of ketones is 2. The quantitative estimate of drug-likeness (QED) is 0.651. The van der Waals surface area contributed by atoms with Crippen molar-refractivity contribution in [3.63, 3.8) is 0 Å². The van der Waals surface area contributed by atoms with Crippen LogP contribution in [0.1, 0.15) is 31.8 Å². The lowest BCUT2D eigenvalue weighted by molar-refractivity contribution is 0.0973. The van der Waals surface area contributed by atoms with Gasteiger partial charge in [-0.15, -0.1) is 0 Å². The van der Waals surface area contributed by atoms with Crippen LogP contribution >= 0.6 is 0 Å². The monoisotopic (exact) mass is 320 g/mol. The normalized spacial score (nSPS) is 12.2. The standard InChI is InChI=1S/C20H16O4/c1-3-11-23-15-9-10-16(24-12-4-2)18-17(15)19(21)13-7-5-6-8-14(13)20(18)22/h3-10H,1-2,11-12H2. The summed E-state index contributed by atoms with van der Waals surface area (Å²) in [4.78, 5) is 25.9. The molecular weight excluding hydrogens is 304 g/mol.